The predicted molar refractivity (Wildman–Crippen MR) is 62.1 cm³/mol. The SMILES string of the molecule is CC1c2ccc([N+](=O)[O-])cc2CC1c1nnn[nH]1. The Morgan fingerprint density at radius 2 is 2.33 bits per heavy atom. The molecule has 0 fully saturated rings. The molecule has 1 N–H and O–H groups in total. The maximum absolute atomic E-state index is 10.8. The predicted octanol–water partition coefficient (Wildman–Crippen LogP) is 1.55. The molecular weight excluding hydrogens is 234 g/mol. The summed E-state index contributed by atoms with van der Waals surface area (Å²) in [6.45, 7) is 2.09. The van der Waals surface area contributed by atoms with Crippen LogP contribution < -0.4 is 0 Å². The maximum Gasteiger partial charge on any atom is 0.269 e. The second-order valence-electron chi connectivity index (χ2n) is 4.53. The normalized spacial score (nSPS) is 21.8. The average molecular weight is 245 g/mol. The van der Waals surface area contributed by atoms with E-state index in [-0.39, 0.29) is 22.4 Å². The van der Waals surface area contributed by atoms with Gasteiger partial charge in [0.25, 0.3) is 5.69 Å². The first-order valence-corrected chi connectivity index (χ1v) is 5.67. The smallest absolute Gasteiger partial charge is 0.258 e. The van der Waals surface area contributed by atoms with Gasteiger partial charge in [0, 0.05) is 18.1 Å². The van der Waals surface area contributed by atoms with Crippen LogP contribution in [0.5, 0.6) is 0 Å². The highest BCUT2D eigenvalue weighted by Gasteiger charge is 2.33. The van der Waals surface area contributed by atoms with Crippen molar-refractivity contribution in [1.82, 2.24) is 20.6 Å². The minimum Gasteiger partial charge on any atom is -0.258 e. The van der Waals surface area contributed by atoms with Gasteiger partial charge in [-0.1, -0.05) is 13.0 Å². The van der Waals surface area contributed by atoms with Crippen LogP contribution >= 0.6 is 0 Å². The lowest BCUT2D eigenvalue weighted by Gasteiger charge is -2.11. The molecule has 3 rings (SSSR count). The Morgan fingerprint density at radius 1 is 1.50 bits per heavy atom. The van der Waals surface area contributed by atoms with Gasteiger partial charge in [-0.05, 0) is 33.9 Å². The summed E-state index contributed by atoms with van der Waals surface area (Å²) in [5.74, 6) is 1.16. The minimum absolute atomic E-state index is 0.136. The molecule has 1 heterocycles. The summed E-state index contributed by atoms with van der Waals surface area (Å²) in [5, 5.41) is 24.6. The average Bonchev–Trinajstić information content (AvgIpc) is 2.97. The number of tetrazole rings is 1. The molecule has 1 aliphatic rings. The Bertz CT molecular complexity index is 595. The molecule has 7 heteroatoms. The maximum atomic E-state index is 10.8. The standard InChI is InChI=1S/C11H11N5O2/c1-6-9-3-2-8(16(17)18)4-7(9)5-10(6)11-12-14-15-13-11/h2-4,6,10H,5H2,1H3,(H,12,13,14,15). The van der Waals surface area contributed by atoms with E-state index >= 15 is 0 Å². The molecule has 0 amide bonds. The Hall–Kier alpha value is -2.31. The van der Waals surface area contributed by atoms with Gasteiger partial charge in [0.2, 0.25) is 0 Å². The second kappa shape index (κ2) is 3.86. The molecule has 7 nitrogen and oxygen atoms in total. The molecule has 2 unspecified atom stereocenters. The molecule has 0 aliphatic heterocycles. The van der Waals surface area contributed by atoms with Crippen molar-refractivity contribution in [1.29, 1.82) is 0 Å². The number of nitro benzene ring substituents is 1. The molecular formula is C11H11N5O2. The number of fused-ring (bicyclic) bond motifs is 1. The van der Waals surface area contributed by atoms with Crippen molar-refractivity contribution in [3.63, 3.8) is 0 Å². The van der Waals surface area contributed by atoms with E-state index < -0.39 is 0 Å². The zero-order valence-electron chi connectivity index (χ0n) is 9.70. The number of nitro groups is 1. The number of H-pyrrole nitrogens is 1. The van der Waals surface area contributed by atoms with Gasteiger partial charge >= 0.3 is 0 Å². The molecule has 1 aliphatic carbocycles. The van der Waals surface area contributed by atoms with E-state index in [2.05, 4.69) is 27.5 Å². The largest absolute Gasteiger partial charge is 0.269 e. The second-order valence-corrected chi connectivity index (χ2v) is 4.53. The summed E-state index contributed by atoms with van der Waals surface area (Å²) >= 11 is 0. The van der Waals surface area contributed by atoms with Gasteiger partial charge in [-0.2, -0.15) is 0 Å². The third kappa shape index (κ3) is 1.55. The van der Waals surface area contributed by atoms with Gasteiger partial charge in [-0.3, -0.25) is 10.1 Å². The number of hydrogen-bond donors (Lipinski definition) is 1. The molecule has 92 valence electrons. The van der Waals surface area contributed by atoms with Gasteiger partial charge in [-0.15, -0.1) is 5.10 Å². The van der Waals surface area contributed by atoms with E-state index in [1.54, 1.807) is 12.1 Å². The summed E-state index contributed by atoms with van der Waals surface area (Å²) in [4.78, 5) is 10.4. The fourth-order valence-corrected chi connectivity index (χ4v) is 2.61. The number of nitrogens with one attached hydrogen (secondary N) is 1. The first-order chi connectivity index (χ1) is 8.66. The topological polar surface area (TPSA) is 97.6 Å². The van der Waals surface area contributed by atoms with E-state index in [9.17, 15) is 10.1 Å². The monoisotopic (exact) mass is 245 g/mol. The zero-order valence-corrected chi connectivity index (χ0v) is 9.70. The molecule has 1 aromatic heterocycles. The summed E-state index contributed by atoms with van der Waals surface area (Å²) in [7, 11) is 0. The van der Waals surface area contributed by atoms with Gasteiger partial charge in [-0.25, -0.2) is 5.10 Å². The molecule has 18 heavy (non-hydrogen) atoms. The van der Waals surface area contributed by atoms with E-state index in [1.165, 1.54) is 0 Å². The number of benzene rings is 1. The summed E-state index contributed by atoms with van der Waals surface area (Å²) < 4.78 is 0. The van der Waals surface area contributed by atoms with Crippen molar-refractivity contribution in [3.05, 3.63) is 45.3 Å². The molecule has 0 bridgehead atoms. The van der Waals surface area contributed by atoms with Crippen LogP contribution in [0.15, 0.2) is 18.2 Å². The lowest BCUT2D eigenvalue weighted by atomic mass is 9.94. The van der Waals surface area contributed by atoms with E-state index in [4.69, 9.17) is 0 Å². The van der Waals surface area contributed by atoms with E-state index in [0.717, 1.165) is 23.4 Å². The lowest BCUT2D eigenvalue weighted by molar-refractivity contribution is -0.384. The van der Waals surface area contributed by atoms with E-state index in [0.29, 0.717) is 0 Å². The van der Waals surface area contributed by atoms with Crippen LogP contribution in [0.3, 0.4) is 0 Å². The fourth-order valence-electron chi connectivity index (χ4n) is 2.61. The minimum atomic E-state index is -0.367. The van der Waals surface area contributed by atoms with Crippen molar-refractivity contribution in [3.8, 4) is 0 Å². The first-order valence-electron chi connectivity index (χ1n) is 5.67. The van der Waals surface area contributed by atoms with Crippen molar-refractivity contribution in [2.45, 2.75) is 25.2 Å². The van der Waals surface area contributed by atoms with Crippen LogP contribution in [0, 0.1) is 10.1 Å². The Balaban J connectivity index is 1.98. The van der Waals surface area contributed by atoms with Gasteiger partial charge < -0.3 is 0 Å². The van der Waals surface area contributed by atoms with Gasteiger partial charge in [0.15, 0.2) is 5.82 Å². The fraction of sp³-hybridized carbons (Fsp3) is 0.364. The highest BCUT2D eigenvalue weighted by Crippen LogP contribution is 2.43. The molecule has 2 aromatic rings. The van der Waals surface area contributed by atoms with Crippen LogP contribution in [0.25, 0.3) is 0 Å². The highest BCUT2D eigenvalue weighted by molar-refractivity contribution is 5.46. The van der Waals surface area contributed by atoms with Crippen LogP contribution in [0.2, 0.25) is 0 Å². The Kier molecular flexibility index (Phi) is 2.32. The summed E-state index contributed by atoms with van der Waals surface area (Å²) in [6, 6.07) is 5.04. The Morgan fingerprint density at radius 3 is 3.00 bits per heavy atom. The number of aromatic amines is 1. The number of rotatable bonds is 2. The molecule has 0 saturated heterocycles. The van der Waals surface area contributed by atoms with Crippen LogP contribution in [-0.4, -0.2) is 25.5 Å². The van der Waals surface area contributed by atoms with Crippen molar-refractivity contribution in [2.75, 3.05) is 0 Å². The van der Waals surface area contributed by atoms with Gasteiger partial charge in [0.05, 0.1) is 4.92 Å². The summed E-state index contributed by atoms with van der Waals surface area (Å²) in [6.07, 6.45) is 0.731. The molecule has 0 radical (unpaired) electrons. The van der Waals surface area contributed by atoms with E-state index in [1.807, 2.05) is 6.07 Å². The van der Waals surface area contributed by atoms with Gasteiger partial charge in [0.1, 0.15) is 0 Å². The van der Waals surface area contributed by atoms with Crippen LogP contribution in [0.1, 0.15) is 35.7 Å². The first kappa shape index (κ1) is 10.8. The zero-order chi connectivity index (χ0) is 12.7. The highest BCUT2D eigenvalue weighted by atomic mass is 16.6. The van der Waals surface area contributed by atoms with Crippen molar-refractivity contribution in [2.24, 2.45) is 0 Å². The third-order valence-corrected chi connectivity index (χ3v) is 3.58. The Labute approximate surface area is 102 Å². The molecule has 2 atom stereocenters. The summed E-state index contributed by atoms with van der Waals surface area (Å²) in [5.41, 5.74) is 2.29. The lowest BCUT2D eigenvalue weighted by Crippen LogP contribution is -2.05. The van der Waals surface area contributed by atoms with Crippen LogP contribution in [0.4, 0.5) is 5.69 Å². The van der Waals surface area contributed by atoms with Crippen LogP contribution in [-0.2, 0) is 6.42 Å². The molecule has 0 saturated carbocycles. The van der Waals surface area contributed by atoms with Crippen molar-refractivity contribution < 1.29 is 4.92 Å². The quantitative estimate of drug-likeness (QED) is 0.639. The number of aromatic nitrogens is 4. The number of nitrogens with zero attached hydrogens (tertiary/aromatic N) is 4. The molecule has 0 spiro atoms. The third-order valence-electron chi connectivity index (χ3n) is 3.58. The number of hydrogen-bond acceptors (Lipinski definition) is 5. The molecule has 1 aromatic carbocycles. The number of non-ortho nitro benzene ring substituents is 1. The van der Waals surface area contributed by atoms with Crippen molar-refractivity contribution >= 4 is 5.69 Å².